The molecule has 4 heteroatoms. The molecule has 0 radical (unpaired) electrons. The second kappa shape index (κ2) is 5.68. The summed E-state index contributed by atoms with van der Waals surface area (Å²) >= 11 is 5.10. The summed E-state index contributed by atoms with van der Waals surface area (Å²) in [5.74, 6) is 0. The average molecular weight is 296 g/mol. The molecule has 0 spiro atoms. The number of thiocarbonyl (C=S) groups is 1. The molecule has 1 aromatic heterocycles. The standard InChI is InChI=1S/C17H16N2OS/c18-17(21)15-2-1-3-16-14(15)8-9-19(16)10-12-4-6-13(11-20)7-5-12/h1-9,20H,10-11H2,(H2,18,21). The maximum absolute atomic E-state index is 9.08. The van der Waals surface area contributed by atoms with Gasteiger partial charge in [0.25, 0.3) is 0 Å². The van der Waals surface area contributed by atoms with E-state index in [-0.39, 0.29) is 6.61 Å². The number of nitrogens with zero attached hydrogens (tertiary/aromatic N) is 1. The lowest BCUT2D eigenvalue weighted by Crippen LogP contribution is -2.09. The summed E-state index contributed by atoms with van der Waals surface area (Å²) in [6.45, 7) is 0.847. The van der Waals surface area contributed by atoms with Crippen LogP contribution < -0.4 is 5.73 Å². The third-order valence-electron chi connectivity index (χ3n) is 3.64. The molecular formula is C17H16N2OS. The van der Waals surface area contributed by atoms with Crippen molar-refractivity contribution in [3.63, 3.8) is 0 Å². The van der Waals surface area contributed by atoms with E-state index >= 15 is 0 Å². The number of hydrogen-bond donors (Lipinski definition) is 2. The second-order valence-electron chi connectivity index (χ2n) is 5.02. The molecule has 2 aromatic carbocycles. The Morgan fingerprint density at radius 2 is 1.76 bits per heavy atom. The molecule has 3 N–H and O–H groups in total. The quantitative estimate of drug-likeness (QED) is 0.728. The van der Waals surface area contributed by atoms with Crippen LogP contribution in [0, 0.1) is 0 Å². The van der Waals surface area contributed by atoms with E-state index in [0.29, 0.717) is 4.99 Å². The molecule has 3 nitrogen and oxygen atoms in total. The van der Waals surface area contributed by atoms with E-state index in [1.807, 2.05) is 48.7 Å². The molecule has 1 heterocycles. The van der Waals surface area contributed by atoms with Gasteiger partial charge in [-0.15, -0.1) is 0 Å². The SMILES string of the molecule is NC(=S)c1cccc2c1ccn2Cc1ccc(CO)cc1. The lowest BCUT2D eigenvalue weighted by Gasteiger charge is -2.07. The Kier molecular flexibility index (Phi) is 3.73. The zero-order valence-electron chi connectivity index (χ0n) is 11.5. The summed E-state index contributed by atoms with van der Waals surface area (Å²) in [4.78, 5) is 0.422. The minimum absolute atomic E-state index is 0.0734. The number of rotatable bonds is 4. The van der Waals surface area contributed by atoms with Crippen molar-refractivity contribution in [2.24, 2.45) is 5.73 Å². The highest BCUT2D eigenvalue weighted by Crippen LogP contribution is 2.21. The van der Waals surface area contributed by atoms with Crippen LogP contribution >= 0.6 is 12.2 Å². The van der Waals surface area contributed by atoms with Crippen molar-refractivity contribution < 1.29 is 5.11 Å². The van der Waals surface area contributed by atoms with Crippen LogP contribution in [-0.4, -0.2) is 14.7 Å². The first-order valence-corrected chi connectivity index (χ1v) is 7.16. The highest BCUT2D eigenvalue weighted by Gasteiger charge is 2.07. The van der Waals surface area contributed by atoms with Crippen LogP contribution in [0.2, 0.25) is 0 Å². The number of nitrogens with two attached hydrogens (primary N) is 1. The van der Waals surface area contributed by atoms with Crippen LogP contribution in [0.4, 0.5) is 0 Å². The highest BCUT2D eigenvalue weighted by molar-refractivity contribution is 7.80. The Bertz CT molecular complexity index is 790. The Morgan fingerprint density at radius 3 is 2.43 bits per heavy atom. The molecule has 3 aromatic rings. The topological polar surface area (TPSA) is 51.2 Å². The first kappa shape index (κ1) is 13.8. The van der Waals surface area contributed by atoms with E-state index in [4.69, 9.17) is 23.1 Å². The molecule has 0 aliphatic carbocycles. The molecule has 21 heavy (non-hydrogen) atoms. The largest absolute Gasteiger partial charge is 0.392 e. The molecule has 3 rings (SSSR count). The number of aliphatic hydroxyl groups is 1. The second-order valence-corrected chi connectivity index (χ2v) is 5.46. The van der Waals surface area contributed by atoms with E-state index in [1.54, 1.807) is 0 Å². The summed E-state index contributed by atoms with van der Waals surface area (Å²) in [7, 11) is 0. The van der Waals surface area contributed by atoms with Crippen molar-refractivity contribution in [1.82, 2.24) is 4.57 Å². The number of aromatic nitrogens is 1. The number of benzene rings is 2. The highest BCUT2D eigenvalue weighted by atomic mass is 32.1. The van der Waals surface area contributed by atoms with Crippen LogP contribution in [-0.2, 0) is 13.2 Å². The minimum atomic E-state index is 0.0734. The van der Waals surface area contributed by atoms with E-state index in [2.05, 4.69) is 10.6 Å². The van der Waals surface area contributed by atoms with E-state index in [1.165, 1.54) is 5.56 Å². The van der Waals surface area contributed by atoms with Gasteiger partial charge in [0.15, 0.2) is 0 Å². The Morgan fingerprint density at radius 1 is 1.05 bits per heavy atom. The fourth-order valence-electron chi connectivity index (χ4n) is 2.52. The fourth-order valence-corrected chi connectivity index (χ4v) is 2.70. The van der Waals surface area contributed by atoms with Crippen molar-refractivity contribution in [3.8, 4) is 0 Å². The maximum Gasteiger partial charge on any atom is 0.104 e. The summed E-state index contributed by atoms with van der Waals surface area (Å²) in [5, 5.41) is 10.2. The monoisotopic (exact) mass is 296 g/mol. The smallest absolute Gasteiger partial charge is 0.104 e. The summed E-state index contributed by atoms with van der Waals surface area (Å²) < 4.78 is 2.17. The molecule has 0 atom stereocenters. The predicted molar refractivity (Wildman–Crippen MR) is 89.3 cm³/mol. The lowest BCUT2D eigenvalue weighted by atomic mass is 10.1. The Hall–Kier alpha value is -2.17. The first-order chi connectivity index (χ1) is 10.2. The molecule has 106 valence electrons. The summed E-state index contributed by atoms with van der Waals surface area (Å²) in [5.41, 5.74) is 9.91. The molecule has 0 aliphatic heterocycles. The summed E-state index contributed by atoms with van der Waals surface area (Å²) in [6, 6.07) is 16.0. The number of fused-ring (bicyclic) bond motifs is 1. The van der Waals surface area contributed by atoms with Gasteiger partial charge in [-0.3, -0.25) is 0 Å². The van der Waals surface area contributed by atoms with E-state index in [9.17, 15) is 0 Å². The summed E-state index contributed by atoms with van der Waals surface area (Å²) in [6.07, 6.45) is 2.05. The number of hydrogen-bond acceptors (Lipinski definition) is 2. The Labute approximate surface area is 128 Å². The normalized spacial score (nSPS) is 10.9. The molecule has 0 unspecified atom stereocenters. The molecular weight excluding hydrogens is 280 g/mol. The third kappa shape index (κ3) is 2.68. The molecule has 0 bridgehead atoms. The van der Waals surface area contributed by atoms with Crippen LogP contribution in [0.25, 0.3) is 10.9 Å². The van der Waals surface area contributed by atoms with Gasteiger partial charge in [0, 0.05) is 29.2 Å². The van der Waals surface area contributed by atoms with Gasteiger partial charge in [0.1, 0.15) is 4.99 Å². The van der Waals surface area contributed by atoms with Gasteiger partial charge < -0.3 is 15.4 Å². The van der Waals surface area contributed by atoms with Crippen molar-refractivity contribution in [2.75, 3.05) is 0 Å². The van der Waals surface area contributed by atoms with Crippen molar-refractivity contribution in [1.29, 1.82) is 0 Å². The van der Waals surface area contributed by atoms with Crippen LogP contribution in [0.3, 0.4) is 0 Å². The van der Waals surface area contributed by atoms with Crippen molar-refractivity contribution >= 4 is 28.1 Å². The van der Waals surface area contributed by atoms with Gasteiger partial charge in [-0.2, -0.15) is 0 Å². The third-order valence-corrected chi connectivity index (χ3v) is 3.86. The lowest BCUT2D eigenvalue weighted by molar-refractivity contribution is 0.282. The molecule has 0 amide bonds. The van der Waals surface area contributed by atoms with Crippen LogP contribution in [0.5, 0.6) is 0 Å². The maximum atomic E-state index is 9.08. The van der Waals surface area contributed by atoms with Gasteiger partial charge in [-0.25, -0.2) is 0 Å². The van der Waals surface area contributed by atoms with Gasteiger partial charge in [-0.05, 0) is 23.3 Å². The van der Waals surface area contributed by atoms with E-state index in [0.717, 1.165) is 28.6 Å². The van der Waals surface area contributed by atoms with E-state index < -0.39 is 0 Å². The zero-order valence-corrected chi connectivity index (χ0v) is 12.3. The Balaban J connectivity index is 1.97. The average Bonchev–Trinajstić information content (AvgIpc) is 2.91. The molecule has 0 aliphatic rings. The number of aliphatic hydroxyl groups excluding tert-OH is 1. The first-order valence-electron chi connectivity index (χ1n) is 6.75. The van der Waals surface area contributed by atoms with Gasteiger partial charge in [0.2, 0.25) is 0 Å². The van der Waals surface area contributed by atoms with Crippen LogP contribution in [0.1, 0.15) is 16.7 Å². The molecule has 0 saturated heterocycles. The zero-order chi connectivity index (χ0) is 14.8. The predicted octanol–water partition coefficient (Wildman–Crippen LogP) is 2.82. The fraction of sp³-hybridized carbons (Fsp3) is 0.118. The van der Waals surface area contributed by atoms with Crippen molar-refractivity contribution in [3.05, 3.63) is 71.4 Å². The van der Waals surface area contributed by atoms with Gasteiger partial charge in [-0.1, -0.05) is 48.6 Å². The van der Waals surface area contributed by atoms with Gasteiger partial charge >= 0.3 is 0 Å². The van der Waals surface area contributed by atoms with Crippen LogP contribution in [0.15, 0.2) is 54.7 Å². The molecule has 0 fully saturated rings. The minimum Gasteiger partial charge on any atom is -0.392 e. The van der Waals surface area contributed by atoms with Crippen molar-refractivity contribution in [2.45, 2.75) is 13.2 Å². The molecule has 0 saturated carbocycles. The van der Waals surface area contributed by atoms with Gasteiger partial charge in [0.05, 0.1) is 6.61 Å².